The number of benzene rings is 1. The van der Waals surface area contributed by atoms with Crippen molar-refractivity contribution in [3.63, 3.8) is 0 Å². The van der Waals surface area contributed by atoms with Gasteiger partial charge in [-0.2, -0.15) is 13.2 Å². The largest absolute Gasteiger partial charge is 0.416 e. The van der Waals surface area contributed by atoms with Gasteiger partial charge in [0.25, 0.3) is 0 Å². The van der Waals surface area contributed by atoms with E-state index in [2.05, 4.69) is 0 Å². The number of halogens is 3. The topological polar surface area (TPSA) is 17.1 Å². The normalized spacial score (nSPS) is 11.9. The van der Waals surface area contributed by atoms with E-state index in [1.54, 1.807) is 13.8 Å². The molecule has 0 amide bonds. The van der Waals surface area contributed by atoms with Crippen LogP contribution in [0, 0.1) is 5.92 Å². The van der Waals surface area contributed by atoms with Gasteiger partial charge in [0.2, 0.25) is 0 Å². The van der Waals surface area contributed by atoms with E-state index in [0.29, 0.717) is 5.56 Å². The highest BCUT2D eigenvalue weighted by Gasteiger charge is 2.29. The van der Waals surface area contributed by atoms with Crippen LogP contribution in [0.3, 0.4) is 0 Å². The number of carbonyl (C=O) groups excluding carboxylic acids is 1. The Kier molecular flexibility index (Phi) is 3.73. The summed E-state index contributed by atoms with van der Waals surface area (Å²) in [5, 5.41) is 0. The molecule has 0 bridgehead atoms. The van der Waals surface area contributed by atoms with E-state index in [4.69, 9.17) is 0 Å². The summed E-state index contributed by atoms with van der Waals surface area (Å²) in [6, 6.07) is 4.71. The van der Waals surface area contributed by atoms with Crippen LogP contribution in [0.2, 0.25) is 0 Å². The quantitative estimate of drug-likeness (QED) is 0.777. The molecular weight excluding hydrogens is 217 g/mol. The molecular formula is C12H13F3O. The number of hydrogen-bond donors (Lipinski definition) is 0. The Morgan fingerprint density at radius 2 is 1.69 bits per heavy atom. The molecule has 0 aromatic heterocycles. The Hall–Kier alpha value is -1.32. The summed E-state index contributed by atoms with van der Waals surface area (Å²) in [5.41, 5.74) is -0.0695. The molecule has 0 radical (unpaired) electrons. The van der Waals surface area contributed by atoms with Crippen molar-refractivity contribution in [2.45, 2.75) is 26.4 Å². The van der Waals surface area contributed by atoms with Gasteiger partial charge in [-0.05, 0) is 17.7 Å². The third-order valence-corrected chi connectivity index (χ3v) is 2.30. The standard InChI is InChI=1S/C12H13F3O/c1-8(2)11(16)7-9-3-5-10(6-4-9)12(13,14)15/h3-6,8H,7H2,1-2H3. The van der Waals surface area contributed by atoms with E-state index < -0.39 is 11.7 Å². The van der Waals surface area contributed by atoms with Crippen molar-refractivity contribution < 1.29 is 18.0 Å². The first kappa shape index (κ1) is 12.7. The third kappa shape index (κ3) is 3.36. The minimum absolute atomic E-state index is 0.0276. The maximum Gasteiger partial charge on any atom is 0.416 e. The Morgan fingerprint density at radius 1 is 1.19 bits per heavy atom. The first-order valence-electron chi connectivity index (χ1n) is 4.99. The zero-order valence-electron chi connectivity index (χ0n) is 9.14. The average molecular weight is 230 g/mol. The van der Waals surface area contributed by atoms with Gasteiger partial charge in [-0.1, -0.05) is 26.0 Å². The number of carbonyl (C=O) groups is 1. The molecule has 16 heavy (non-hydrogen) atoms. The zero-order valence-corrected chi connectivity index (χ0v) is 9.14. The van der Waals surface area contributed by atoms with Crippen LogP contribution < -0.4 is 0 Å². The average Bonchev–Trinajstić information content (AvgIpc) is 2.17. The van der Waals surface area contributed by atoms with E-state index in [-0.39, 0.29) is 18.1 Å². The molecule has 0 aliphatic heterocycles. The third-order valence-electron chi connectivity index (χ3n) is 2.30. The van der Waals surface area contributed by atoms with Crippen molar-refractivity contribution in [1.82, 2.24) is 0 Å². The Labute approximate surface area is 92.3 Å². The SMILES string of the molecule is CC(C)C(=O)Cc1ccc(C(F)(F)F)cc1. The van der Waals surface area contributed by atoms with Gasteiger partial charge in [0, 0.05) is 12.3 Å². The fraction of sp³-hybridized carbons (Fsp3) is 0.417. The molecule has 1 aromatic carbocycles. The first-order valence-corrected chi connectivity index (χ1v) is 4.99. The Morgan fingerprint density at radius 3 is 2.06 bits per heavy atom. The van der Waals surface area contributed by atoms with E-state index >= 15 is 0 Å². The summed E-state index contributed by atoms with van der Waals surface area (Å²) >= 11 is 0. The highest BCUT2D eigenvalue weighted by atomic mass is 19.4. The molecule has 0 heterocycles. The van der Waals surface area contributed by atoms with Gasteiger partial charge in [-0.3, -0.25) is 4.79 Å². The molecule has 88 valence electrons. The maximum absolute atomic E-state index is 12.2. The molecule has 4 heteroatoms. The van der Waals surface area contributed by atoms with Crippen molar-refractivity contribution in [3.05, 3.63) is 35.4 Å². The Bertz CT molecular complexity index is 363. The molecule has 0 saturated carbocycles. The minimum Gasteiger partial charge on any atom is -0.299 e. The fourth-order valence-electron chi connectivity index (χ4n) is 1.22. The van der Waals surface area contributed by atoms with Crippen LogP contribution in [-0.2, 0) is 17.4 Å². The highest BCUT2D eigenvalue weighted by Crippen LogP contribution is 2.29. The molecule has 0 aliphatic carbocycles. The van der Waals surface area contributed by atoms with E-state index in [1.165, 1.54) is 12.1 Å². The number of hydrogen-bond acceptors (Lipinski definition) is 1. The van der Waals surface area contributed by atoms with E-state index in [1.807, 2.05) is 0 Å². The lowest BCUT2D eigenvalue weighted by Crippen LogP contribution is -2.10. The second-order valence-electron chi connectivity index (χ2n) is 3.99. The highest BCUT2D eigenvalue weighted by molar-refractivity contribution is 5.82. The smallest absolute Gasteiger partial charge is 0.299 e. The molecule has 1 rings (SSSR count). The molecule has 0 unspecified atom stereocenters. The lowest BCUT2D eigenvalue weighted by atomic mass is 10.0. The van der Waals surface area contributed by atoms with Gasteiger partial charge in [0.1, 0.15) is 5.78 Å². The van der Waals surface area contributed by atoms with Gasteiger partial charge >= 0.3 is 6.18 Å². The van der Waals surface area contributed by atoms with Crippen LogP contribution in [0.25, 0.3) is 0 Å². The number of Topliss-reactive ketones (excluding diaryl/α,β-unsaturated/α-hetero) is 1. The summed E-state index contributed by atoms with van der Waals surface area (Å²) in [6.07, 6.45) is -4.13. The first-order chi connectivity index (χ1) is 7.30. The molecule has 0 saturated heterocycles. The van der Waals surface area contributed by atoms with Crippen molar-refractivity contribution in [3.8, 4) is 0 Å². The van der Waals surface area contributed by atoms with Crippen LogP contribution in [0.1, 0.15) is 25.0 Å². The Balaban J connectivity index is 2.76. The zero-order chi connectivity index (χ0) is 12.3. The van der Waals surface area contributed by atoms with Crippen molar-refractivity contribution in [2.24, 2.45) is 5.92 Å². The minimum atomic E-state index is -4.32. The van der Waals surface area contributed by atoms with Crippen LogP contribution in [0.15, 0.2) is 24.3 Å². The van der Waals surface area contributed by atoms with Crippen LogP contribution in [-0.4, -0.2) is 5.78 Å². The van der Waals surface area contributed by atoms with Crippen LogP contribution in [0.5, 0.6) is 0 Å². The van der Waals surface area contributed by atoms with Crippen LogP contribution >= 0.6 is 0 Å². The molecule has 0 atom stereocenters. The maximum atomic E-state index is 12.2. The lowest BCUT2D eigenvalue weighted by molar-refractivity contribution is -0.137. The van der Waals surface area contributed by atoms with Crippen molar-refractivity contribution in [2.75, 3.05) is 0 Å². The predicted molar refractivity (Wildman–Crippen MR) is 55.0 cm³/mol. The van der Waals surface area contributed by atoms with E-state index in [9.17, 15) is 18.0 Å². The predicted octanol–water partition coefficient (Wildman–Crippen LogP) is 3.47. The second kappa shape index (κ2) is 4.68. The van der Waals surface area contributed by atoms with Gasteiger partial charge in [-0.25, -0.2) is 0 Å². The van der Waals surface area contributed by atoms with Crippen LogP contribution in [0.4, 0.5) is 13.2 Å². The summed E-state index contributed by atoms with van der Waals surface area (Å²) in [7, 11) is 0. The van der Waals surface area contributed by atoms with Crippen molar-refractivity contribution >= 4 is 5.78 Å². The molecule has 1 aromatic rings. The van der Waals surface area contributed by atoms with Gasteiger partial charge in [0.05, 0.1) is 5.56 Å². The van der Waals surface area contributed by atoms with E-state index in [0.717, 1.165) is 12.1 Å². The van der Waals surface area contributed by atoms with Crippen molar-refractivity contribution in [1.29, 1.82) is 0 Å². The molecule has 0 fully saturated rings. The molecule has 0 N–H and O–H groups in total. The molecule has 0 spiro atoms. The van der Waals surface area contributed by atoms with Gasteiger partial charge in [0.15, 0.2) is 0 Å². The number of alkyl halides is 3. The fourth-order valence-corrected chi connectivity index (χ4v) is 1.22. The summed E-state index contributed by atoms with van der Waals surface area (Å²) < 4.78 is 36.7. The summed E-state index contributed by atoms with van der Waals surface area (Å²) in [5.74, 6) is -0.0675. The number of ketones is 1. The molecule has 1 nitrogen and oxygen atoms in total. The monoisotopic (exact) mass is 230 g/mol. The summed E-state index contributed by atoms with van der Waals surface area (Å²) in [6.45, 7) is 3.54. The lowest BCUT2D eigenvalue weighted by Gasteiger charge is -2.08. The van der Waals surface area contributed by atoms with Gasteiger partial charge < -0.3 is 0 Å². The molecule has 0 aliphatic rings. The number of rotatable bonds is 3. The van der Waals surface area contributed by atoms with Gasteiger partial charge in [-0.15, -0.1) is 0 Å². The second-order valence-corrected chi connectivity index (χ2v) is 3.99. The summed E-state index contributed by atoms with van der Waals surface area (Å²) in [4.78, 5) is 11.4.